The zero-order valence-corrected chi connectivity index (χ0v) is 31.5. The molecule has 6 heterocycles. The van der Waals surface area contributed by atoms with E-state index >= 15 is 0 Å². The van der Waals surface area contributed by atoms with E-state index < -0.39 is 23.8 Å². The van der Waals surface area contributed by atoms with Crippen LogP contribution in [0.4, 0.5) is 5.69 Å². The number of anilines is 1. The summed E-state index contributed by atoms with van der Waals surface area (Å²) in [6.07, 6.45) is 11.3. The molecule has 0 spiro atoms. The molecule has 1 saturated carbocycles. The fourth-order valence-electron chi connectivity index (χ4n) is 8.52. The minimum absolute atomic E-state index is 0.103. The fraction of sp³-hybridized carbons (Fsp3) is 0.395. The lowest BCUT2D eigenvalue weighted by Crippen LogP contribution is -2.54. The van der Waals surface area contributed by atoms with Crippen molar-refractivity contribution >= 4 is 51.1 Å². The lowest BCUT2D eigenvalue weighted by molar-refractivity contribution is -0.136. The van der Waals surface area contributed by atoms with Crippen molar-refractivity contribution in [1.29, 1.82) is 0 Å². The van der Waals surface area contributed by atoms with Gasteiger partial charge in [-0.05, 0) is 74.2 Å². The Balaban J connectivity index is 0.659. The van der Waals surface area contributed by atoms with Gasteiger partial charge in [0.1, 0.15) is 12.1 Å². The Bertz CT molecular complexity index is 2330. The van der Waals surface area contributed by atoms with Gasteiger partial charge in [-0.3, -0.25) is 39.3 Å². The Morgan fingerprint density at radius 1 is 0.786 bits per heavy atom. The molecule has 3 aliphatic heterocycles. The number of unbranched alkanes of at least 4 members (excludes halogenated alkanes) is 2. The number of nitrogens with one attached hydrogen (secondary N) is 1. The van der Waals surface area contributed by atoms with Crippen molar-refractivity contribution in [2.45, 2.75) is 63.2 Å². The molecule has 9 rings (SSSR count). The van der Waals surface area contributed by atoms with E-state index in [9.17, 15) is 19.2 Å². The van der Waals surface area contributed by atoms with Crippen molar-refractivity contribution in [2.75, 3.05) is 44.2 Å². The van der Waals surface area contributed by atoms with Crippen LogP contribution >= 0.6 is 0 Å². The van der Waals surface area contributed by atoms with Crippen molar-refractivity contribution in [2.24, 2.45) is 7.05 Å². The Labute approximate surface area is 324 Å². The zero-order chi connectivity index (χ0) is 38.3. The first-order valence-corrected chi connectivity index (χ1v) is 19.7. The maximum atomic E-state index is 13.2. The Morgan fingerprint density at radius 2 is 1.61 bits per heavy atom. The number of carbonyl (C=O) groups is 4. The number of hydrogen-bond acceptors (Lipinski definition) is 10. The Kier molecular flexibility index (Phi) is 9.72. The fourth-order valence-corrected chi connectivity index (χ4v) is 8.52. The first-order valence-electron chi connectivity index (χ1n) is 19.7. The molecule has 2 saturated heterocycles. The van der Waals surface area contributed by atoms with E-state index in [1.54, 1.807) is 12.1 Å². The Morgan fingerprint density at radius 3 is 2.41 bits per heavy atom. The largest absolute Gasteiger partial charge is 0.474 e. The van der Waals surface area contributed by atoms with Crippen LogP contribution in [0.25, 0.3) is 32.9 Å². The number of benzene rings is 2. The van der Waals surface area contributed by atoms with E-state index in [0.717, 1.165) is 98.5 Å². The van der Waals surface area contributed by atoms with Crippen molar-refractivity contribution in [1.82, 2.24) is 29.7 Å². The van der Waals surface area contributed by atoms with Crippen LogP contribution in [0.5, 0.6) is 5.88 Å². The van der Waals surface area contributed by atoms with Gasteiger partial charge >= 0.3 is 0 Å². The molecule has 13 nitrogen and oxygen atoms in total. The third-order valence-electron chi connectivity index (χ3n) is 11.9. The number of nitrogens with zero attached hydrogens (tertiary/aromatic N) is 6. The predicted octanol–water partition coefficient (Wildman–Crippen LogP) is 5.11. The van der Waals surface area contributed by atoms with Gasteiger partial charge in [-0.25, -0.2) is 4.98 Å². The van der Waals surface area contributed by atoms with Gasteiger partial charge in [0.15, 0.2) is 0 Å². The van der Waals surface area contributed by atoms with Gasteiger partial charge in [-0.1, -0.05) is 12.1 Å². The lowest BCUT2D eigenvalue weighted by atomic mass is 9.92. The standard InChI is InChI=1S/C43H45N7O6/c1-47-36-13-14-44-26-35(36)32-8-5-27(21-38(32)47)28-6-12-40(45-25-28)56-31-23-30(24-31)55-20-4-2-3-15-48-16-18-49(19-17-48)29-7-9-33-34(22-29)43(54)50(42(33)53)37-10-11-39(51)46-41(37)52/h5-9,12-14,21-22,25-26,30-31,37H,2-4,10-11,15-20,23-24H2,1H3,(H,46,51,52). The van der Waals surface area contributed by atoms with E-state index in [0.29, 0.717) is 17.0 Å². The summed E-state index contributed by atoms with van der Waals surface area (Å²) in [7, 11) is 2.09. The second-order valence-electron chi connectivity index (χ2n) is 15.3. The molecule has 3 aromatic heterocycles. The molecule has 1 aliphatic carbocycles. The zero-order valence-electron chi connectivity index (χ0n) is 31.5. The van der Waals surface area contributed by atoms with Gasteiger partial charge in [-0.2, -0.15) is 0 Å². The predicted molar refractivity (Wildman–Crippen MR) is 210 cm³/mol. The van der Waals surface area contributed by atoms with Gasteiger partial charge in [0.2, 0.25) is 17.7 Å². The van der Waals surface area contributed by atoms with Crippen molar-refractivity contribution in [3.63, 3.8) is 0 Å². The number of pyridine rings is 2. The smallest absolute Gasteiger partial charge is 0.262 e. The molecule has 5 aromatic rings. The molecule has 2 aromatic carbocycles. The van der Waals surface area contributed by atoms with Crippen molar-refractivity contribution < 1.29 is 28.7 Å². The molecular weight excluding hydrogens is 711 g/mol. The topological polar surface area (TPSA) is 139 Å². The van der Waals surface area contributed by atoms with E-state index in [1.165, 1.54) is 16.4 Å². The number of hydrogen-bond donors (Lipinski definition) is 1. The van der Waals surface area contributed by atoms with Crippen molar-refractivity contribution in [3.8, 4) is 17.0 Å². The molecule has 4 amide bonds. The van der Waals surface area contributed by atoms with Crippen LogP contribution in [0, 0.1) is 0 Å². The Hall–Kier alpha value is -5.66. The number of amides is 4. The van der Waals surface area contributed by atoms with Crippen LogP contribution in [-0.2, 0) is 21.4 Å². The highest BCUT2D eigenvalue weighted by Crippen LogP contribution is 2.34. The first-order chi connectivity index (χ1) is 27.3. The van der Waals surface area contributed by atoms with E-state index in [2.05, 4.69) is 61.0 Å². The number of carbonyl (C=O) groups excluding carboxylic acids is 4. The third kappa shape index (κ3) is 6.90. The van der Waals surface area contributed by atoms with Crippen LogP contribution in [0.2, 0.25) is 0 Å². The van der Waals surface area contributed by atoms with Gasteiger partial charge < -0.3 is 18.9 Å². The number of piperazine rings is 1. The summed E-state index contributed by atoms with van der Waals surface area (Å²) < 4.78 is 14.5. The summed E-state index contributed by atoms with van der Waals surface area (Å²) in [6, 6.07) is 17.0. The van der Waals surface area contributed by atoms with Crippen LogP contribution in [-0.4, -0.2) is 106 Å². The van der Waals surface area contributed by atoms with Gasteiger partial charge in [0.05, 0.1) is 22.7 Å². The molecule has 0 bridgehead atoms. The highest BCUT2D eigenvalue weighted by atomic mass is 16.5. The summed E-state index contributed by atoms with van der Waals surface area (Å²) >= 11 is 0. The molecule has 1 unspecified atom stereocenters. The number of aromatic nitrogens is 3. The molecule has 4 aliphatic rings. The third-order valence-corrected chi connectivity index (χ3v) is 11.9. The summed E-state index contributed by atoms with van der Waals surface area (Å²) in [5.74, 6) is -1.29. The number of ether oxygens (including phenoxy) is 2. The number of rotatable bonds is 12. The minimum Gasteiger partial charge on any atom is -0.474 e. The minimum atomic E-state index is -0.958. The number of piperidine rings is 1. The van der Waals surface area contributed by atoms with E-state index in [4.69, 9.17) is 9.47 Å². The van der Waals surface area contributed by atoms with Gasteiger partial charge in [-0.15, -0.1) is 0 Å². The maximum absolute atomic E-state index is 13.2. The first kappa shape index (κ1) is 36.0. The number of imide groups is 2. The van der Waals surface area contributed by atoms with Crippen LogP contribution in [0.15, 0.2) is 73.2 Å². The van der Waals surface area contributed by atoms with Crippen molar-refractivity contribution in [3.05, 3.63) is 84.3 Å². The molecule has 288 valence electrons. The van der Waals surface area contributed by atoms with E-state index in [1.807, 2.05) is 36.8 Å². The van der Waals surface area contributed by atoms with Gasteiger partial charge in [0, 0.05) is 111 Å². The summed E-state index contributed by atoms with van der Waals surface area (Å²) in [5, 5.41) is 4.60. The molecular formula is C43H45N7O6. The molecule has 1 atom stereocenters. The molecule has 56 heavy (non-hydrogen) atoms. The van der Waals surface area contributed by atoms with Crippen LogP contribution in [0.3, 0.4) is 0 Å². The summed E-state index contributed by atoms with van der Waals surface area (Å²) in [5.41, 5.74) is 6.02. The molecule has 1 N–H and O–H groups in total. The monoisotopic (exact) mass is 755 g/mol. The molecule has 0 radical (unpaired) electrons. The highest BCUT2D eigenvalue weighted by Gasteiger charge is 2.45. The van der Waals surface area contributed by atoms with Crippen LogP contribution < -0.4 is 15.0 Å². The second-order valence-corrected chi connectivity index (χ2v) is 15.3. The SMILES string of the molecule is Cn1c2ccncc2c2ccc(-c3ccc(OC4CC(OCCCCCN5CCN(c6ccc7c(c6)C(=O)N(C6CCC(=O)NC6=O)C7=O)CC5)C4)nc3)cc21. The molecule has 3 fully saturated rings. The summed E-state index contributed by atoms with van der Waals surface area (Å²) in [4.78, 5) is 64.9. The van der Waals surface area contributed by atoms with Gasteiger partial charge in [0.25, 0.3) is 11.8 Å². The van der Waals surface area contributed by atoms with E-state index in [-0.39, 0.29) is 31.0 Å². The number of fused-ring (bicyclic) bond motifs is 4. The average molecular weight is 756 g/mol. The lowest BCUT2D eigenvalue weighted by Gasteiger charge is -2.36. The number of aryl methyl sites for hydroxylation is 1. The maximum Gasteiger partial charge on any atom is 0.262 e. The van der Waals surface area contributed by atoms with Crippen LogP contribution in [0.1, 0.15) is 65.7 Å². The summed E-state index contributed by atoms with van der Waals surface area (Å²) in [6.45, 7) is 5.28. The highest BCUT2D eigenvalue weighted by molar-refractivity contribution is 6.23. The molecule has 13 heteroatoms. The normalized spacial score (nSPS) is 21.5. The quantitative estimate of drug-likeness (QED) is 0.135. The average Bonchev–Trinajstić information content (AvgIpc) is 3.63. The second kappa shape index (κ2) is 15.1.